The average molecular weight is 266 g/mol. The molecule has 0 bridgehead atoms. The van der Waals surface area contributed by atoms with Crippen LogP contribution in [0.4, 0.5) is 0 Å². The summed E-state index contributed by atoms with van der Waals surface area (Å²) in [6, 6.07) is 17.0. The Kier molecular flexibility index (Phi) is 3.39. The first-order valence-electron chi connectivity index (χ1n) is 7.48. The zero-order valence-corrected chi connectivity index (χ0v) is 12.3. The minimum atomic E-state index is -0.685. The van der Waals surface area contributed by atoms with Gasteiger partial charge in [-0.2, -0.15) is 0 Å². The van der Waals surface area contributed by atoms with Crippen molar-refractivity contribution in [2.45, 2.75) is 44.6 Å². The van der Waals surface area contributed by atoms with Crippen molar-refractivity contribution in [3.05, 3.63) is 70.8 Å². The number of aliphatic hydroxyl groups is 1. The van der Waals surface area contributed by atoms with Crippen LogP contribution in [0.2, 0.25) is 0 Å². The van der Waals surface area contributed by atoms with E-state index in [2.05, 4.69) is 56.3 Å². The first-order chi connectivity index (χ1) is 9.58. The molecular formula is C19H22O. The summed E-state index contributed by atoms with van der Waals surface area (Å²) in [5.74, 6) is 0.555. The van der Waals surface area contributed by atoms with Crippen molar-refractivity contribution in [3.8, 4) is 0 Å². The van der Waals surface area contributed by atoms with Crippen molar-refractivity contribution in [2.75, 3.05) is 0 Å². The number of fused-ring (bicyclic) bond motifs is 1. The van der Waals surface area contributed by atoms with Crippen LogP contribution in [0.5, 0.6) is 0 Å². The lowest BCUT2D eigenvalue weighted by Crippen LogP contribution is -2.25. The Morgan fingerprint density at radius 1 is 1.05 bits per heavy atom. The van der Waals surface area contributed by atoms with Gasteiger partial charge in [0.2, 0.25) is 0 Å². The van der Waals surface area contributed by atoms with Gasteiger partial charge >= 0.3 is 0 Å². The fraction of sp³-hybridized carbons (Fsp3) is 0.368. The standard InChI is InChI=1S/C19H22O/c1-14(2)16-9-7-15(8-10-16)13-19(20)12-11-17-5-3-4-6-18(17)19/h3-10,14,20H,11-13H2,1-2H3. The van der Waals surface area contributed by atoms with Gasteiger partial charge < -0.3 is 5.11 Å². The Labute approximate surface area is 121 Å². The second-order valence-electron chi connectivity index (χ2n) is 6.26. The van der Waals surface area contributed by atoms with E-state index in [-0.39, 0.29) is 0 Å². The first-order valence-corrected chi connectivity index (χ1v) is 7.48. The third-order valence-electron chi connectivity index (χ3n) is 4.47. The predicted molar refractivity (Wildman–Crippen MR) is 82.9 cm³/mol. The minimum Gasteiger partial charge on any atom is -0.385 e. The highest BCUT2D eigenvalue weighted by Crippen LogP contribution is 2.39. The minimum absolute atomic E-state index is 0.555. The van der Waals surface area contributed by atoms with Crippen molar-refractivity contribution >= 4 is 0 Å². The number of hydrogen-bond donors (Lipinski definition) is 1. The molecule has 1 aliphatic rings. The molecule has 2 aromatic carbocycles. The Bertz CT molecular complexity index is 597. The Hall–Kier alpha value is -1.60. The number of rotatable bonds is 3. The highest BCUT2D eigenvalue weighted by atomic mass is 16.3. The Balaban J connectivity index is 1.84. The molecule has 0 spiro atoms. The molecule has 0 fully saturated rings. The first kappa shape index (κ1) is 13.4. The lowest BCUT2D eigenvalue weighted by atomic mass is 9.88. The summed E-state index contributed by atoms with van der Waals surface area (Å²) in [7, 11) is 0. The summed E-state index contributed by atoms with van der Waals surface area (Å²) in [5.41, 5.74) is 4.30. The maximum atomic E-state index is 11.0. The molecule has 0 heterocycles. The fourth-order valence-corrected chi connectivity index (χ4v) is 3.21. The van der Waals surface area contributed by atoms with Gasteiger partial charge in [0.05, 0.1) is 5.60 Å². The summed E-state index contributed by atoms with van der Waals surface area (Å²) in [6.07, 6.45) is 2.53. The van der Waals surface area contributed by atoms with E-state index in [4.69, 9.17) is 0 Å². The third kappa shape index (κ3) is 2.38. The molecule has 2 aromatic rings. The quantitative estimate of drug-likeness (QED) is 0.883. The lowest BCUT2D eigenvalue weighted by Gasteiger charge is -2.24. The second kappa shape index (κ2) is 5.06. The van der Waals surface area contributed by atoms with Crippen molar-refractivity contribution in [1.29, 1.82) is 0 Å². The SMILES string of the molecule is CC(C)c1ccc(CC2(O)CCc3ccccc32)cc1. The topological polar surface area (TPSA) is 20.2 Å². The van der Waals surface area contributed by atoms with Gasteiger partial charge in [0.25, 0.3) is 0 Å². The number of benzene rings is 2. The van der Waals surface area contributed by atoms with Crippen molar-refractivity contribution in [3.63, 3.8) is 0 Å². The van der Waals surface area contributed by atoms with Crippen LogP contribution in [-0.4, -0.2) is 5.11 Å². The Morgan fingerprint density at radius 2 is 1.75 bits per heavy atom. The normalized spacial score (nSPS) is 21.2. The molecular weight excluding hydrogens is 244 g/mol. The van der Waals surface area contributed by atoms with Crippen molar-refractivity contribution < 1.29 is 5.11 Å². The van der Waals surface area contributed by atoms with Crippen LogP contribution in [-0.2, 0) is 18.4 Å². The second-order valence-corrected chi connectivity index (χ2v) is 6.26. The van der Waals surface area contributed by atoms with Crippen LogP contribution >= 0.6 is 0 Å². The van der Waals surface area contributed by atoms with E-state index in [1.807, 2.05) is 6.07 Å². The van der Waals surface area contributed by atoms with Crippen LogP contribution in [0, 0.1) is 0 Å². The maximum Gasteiger partial charge on any atom is 0.0942 e. The van der Waals surface area contributed by atoms with Gasteiger partial charge in [-0.3, -0.25) is 0 Å². The largest absolute Gasteiger partial charge is 0.385 e. The van der Waals surface area contributed by atoms with E-state index in [9.17, 15) is 5.11 Å². The molecule has 1 atom stereocenters. The van der Waals surface area contributed by atoms with Gasteiger partial charge in [0.1, 0.15) is 0 Å². The van der Waals surface area contributed by atoms with E-state index in [1.165, 1.54) is 16.7 Å². The molecule has 0 saturated heterocycles. The summed E-state index contributed by atoms with van der Waals surface area (Å²) in [6.45, 7) is 4.41. The van der Waals surface area contributed by atoms with Crippen LogP contribution in [0.15, 0.2) is 48.5 Å². The molecule has 0 aliphatic heterocycles. The summed E-state index contributed by atoms with van der Waals surface area (Å²) in [4.78, 5) is 0. The molecule has 3 rings (SSSR count). The van der Waals surface area contributed by atoms with Gasteiger partial charge in [0, 0.05) is 6.42 Å². The van der Waals surface area contributed by atoms with E-state index in [1.54, 1.807) is 0 Å². The van der Waals surface area contributed by atoms with Gasteiger partial charge in [-0.05, 0) is 41.0 Å². The summed E-state index contributed by atoms with van der Waals surface area (Å²) in [5, 5.41) is 11.0. The van der Waals surface area contributed by atoms with Crippen LogP contribution in [0.1, 0.15) is 48.4 Å². The lowest BCUT2D eigenvalue weighted by molar-refractivity contribution is 0.0389. The molecule has 1 heteroatoms. The van der Waals surface area contributed by atoms with Crippen LogP contribution in [0.25, 0.3) is 0 Å². The monoisotopic (exact) mass is 266 g/mol. The van der Waals surface area contributed by atoms with Gasteiger partial charge in [-0.25, -0.2) is 0 Å². The summed E-state index contributed by atoms with van der Waals surface area (Å²) >= 11 is 0. The van der Waals surface area contributed by atoms with Crippen molar-refractivity contribution in [2.24, 2.45) is 0 Å². The molecule has 104 valence electrons. The average Bonchev–Trinajstić information content (AvgIpc) is 2.78. The molecule has 0 amide bonds. The maximum absolute atomic E-state index is 11.0. The number of aryl methyl sites for hydroxylation is 1. The van der Waals surface area contributed by atoms with E-state index < -0.39 is 5.60 Å². The van der Waals surface area contributed by atoms with Crippen LogP contribution in [0.3, 0.4) is 0 Å². The number of hydrogen-bond acceptors (Lipinski definition) is 1. The Morgan fingerprint density at radius 3 is 2.45 bits per heavy atom. The smallest absolute Gasteiger partial charge is 0.0942 e. The van der Waals surface area contributed by atoms with E-state index in [0.29, 0.717) is 12.3 Å². The van der Waals surface area contributed by atoms with Crippen molar-refractivity contribution in [1.82, 2.24) is 0 Å². The van der Waals surface area contributed by atoms with Gasteiger partial charge in [-0.15, -0.1) is 0 Å². The molecule has 1 aliphatic carbocycles. The highest BCUT2D eigenvalue weighted by Gasteiger charge is 2.36. The van der Waals surface area contributed by atoms with E-state index >= 15 is 0 Å². The molecule has 1 N–H and O–H groups in total. The molecule has 0 aromatic heterocycles. The molecule has 1 unspecified atom stereocenters. The summed E-state index contributed by atoms with van der Waals surface area (Å²) < 4.78 is 0. The molecule has 1 nitrogen and oxygen atoms in total. The van der Waals surface area contributed by atoms with Crippen LogP contribution < -0.4 is 0 Å². The molecule has 0 radical (unpaired) electrons. The van der Waals surface area contributed by atoms with Gasteiger partial charge in [-0.1, -0.05) is 62.4 Å². The predicted octanol–water partition coefficient (Wildman–Crippen LogP) is 4.19. The zero-order valence-electron chi connectivity index (χ0n) is 12.3. The zero-order chi connectivity index (χ0) is 14.2. The molecule has 20 heavy (non-hydrogen) atoms. The van der Waals surface area contributed by atoms with Gasteiger partial charge in [0.15, 0.2) is 0 Å². The third-order valence-corrected chi connectivity index (χ3v) is 4.47. The highest BCUT2D eigenvalue weighted by molar-refractivity contribution is 5.39. The molecule has 0 saturated carbocycles. The fourth-order valence-electron chi connectivity index (χ4n) is 3.21. The van der Waals surface area contributed by atoms with E-state index in [0.717, 1.165) is 18.4 Å².